The molecule has 2 aromatic heterocycles. The van der Waals surface area contributed by atoms with Gasteiger partial charge in [-0.05, 0) is 67.6 Å². The quantitative estimate of drug-likeness (QED) is 0.0207. The number of Topliss-reactive ketones (excluding diaryl/α,β-unsaturated/α-hetero) is 6. The Bertz CT molecular complexity index is 3570. The van der Waals surface area contributed by atoms with E-state index in [0.29, 0.717) is 100.0 Å². The van der Waals surface area contributed by atoms with Gasteiger partial charge in [0.15, 0.2) is 17.4 Å². The lowest BCUT2D eigenvalue weighted by molar-refractivity contribution is -0.146. The molecular formula is C75H111N11O20S. The molecular weight excluding hydrogens is 1410 g/mol. The molecule has 4 unspecified atom stereocenters. The molecule has 4 rings (SSSR count). The molecule has 107 heavy (non-hydrogen) atoms. The van der Waals surface area contributed by atoms with Crippen LogP contribution in [-0.2, 0) is 112 Å². The predicted octanol–water partition coefficient (Wildman–Crippen LogP) is 5.03. The van der Waals surface area contributed by atoms with Crippen LogP contribution in [-0.4, -0.2) is 199 Å². The third kappa shape index (κ3) is 36.7. The number of hydrogen-bond donors (Lipinski definition) is 9. The highest BCUT2D eigenvalue weighted by atomic mass is 32.2. The first-order valence-electron chi connectivity index (χ1n) is 36.6. The molecule has 6 amide bonds. The number of carbonyl (C=O) groups excluding carboxylic acids is 12. The third-order valence-corrected chi connectivity index (χ3v) is 18.6. The number of thioether (sulfide) groups is 1. The van der Waals surface area contributed by atoms with Crippen molar-refractivity contribution < 1.29 is 95.9 Å². The van der Waals surface area contributed by atoms with Gasteiger partial charge in [-0.3, -0.25) is 57.5 Å². The number of esters is 1. The standard InChI is InChI=1S/C75H111N11O20S/c1-6-101-46-64-85-68-69(58-16-9-10-17-60(58)83-70(68)77)86(64)48-75(4,5)42-55(89)24-26-67(96)106-45-51-21-19-50(20-22-51)38-62(92)61(18-12-29-81-74(79)100)84-72(98)59(49(2)3)40-53(87)14-8-7-11-28-80-73(99)63(41-66(94)95)107-47-52(71(78)97)39-54(88)27-31-103-33-35-105-37-36-104-34-32-102-30-13-15-57(91)44-82-65(93)25-23-56(90)43-76/h9-10,16-17,19-22,49,52,59,61,63H,6-8,11-15,18,23-48,76H2,1-5H3,(H2,77,83)(H2,78,97)(H,80,99)(H,82,93)(H,84,98)(H,94,95)(H3,79,81,100). The van der Waals surface area contributed by atoms with Crippen molar-refractivity contribution in [3.8, 4) is 0 Å². The Morgan fingerprint density at radius 1 is 0.626 bits per heavy atom. The number of carbonyl (C=O) groups is 13. The summed E-state index contributed by atoms with van der Waals surface area (Å²) in [6.45, 7) is 12.6. The highest BCUT2D eigenvalue weighted by Gasteiger charge is 2.32. The second-order valence-electron chi connectivity index (χ2n) is 27.3. The second kappa shape index (κ2) is 50.1. The maximum atomic E-state index is 13.9. The van der Waals surface area contributed by atoms with Crippen molar-refractivity contribution in [2.45, 2.75) is 181 Å². The number of urea groups is 1. The lowest BCUT2D eigenvalue weighted by Gasteiger charge is -2.26. The average molecular weight is 1520 g/mol. The van der Waals surface area contributed by atoms with Crippen molar-refractivity contribution >= 4 is 116 Å². The average Bonchev–Trinajstić information content (AvgIpc) is 1.61. The van der Waals surface area contributed by atoms with Gasteiger partial charge in [-0.25, -0.2) is 14.8 Å². The van der Waals surface area contributed by atoms with E-state index in [9.17, 15) is 67.4 Å². The molecule has 0 fully saturated rings. The maximum absolute atomic E-state index is 13.9. The molecule has 4 atom stereocenters. The van der Waals surface area contributed by atoms with Crippen LogP contribution in [0.1, 0.15) is 161 Å². The maximum Gasteiger partial charge on any atom is 0.312 e. The molecule has 13 N–H and O–H groups in total. The molecule has 0 spiro atoms. The largest absolute Gasteiger partial charge is 0.481 e. The fourth-order valence-electron chi connectivity index (χ4n) is 11.4. The van der Waals surface area contributed by atoms with Gasteiger partial charge in [0.25, 0.3) is 0 Å². The fraction of sp³-hybridized carbons (Fsp3) is 0.613. The van der Waals surface area contributed by atoms with Gasteiger partial charge in [0.1, 0.15) is 47.7 Å². The molecule has 32 heteroatoms. The van der Waals surface area contributed by atoms with Crippen LogP contribution in [0.5, 0.6) is 0 Å². The Morgan fingerprint density at radius 2 is 1.26 bits per heavy atom. The van der Waals surface area contributed by atoms with E-state index in [1.165, 1.54) is 0 Å². The number of nitrogens with two attached hydrogens (primary N) is 4. The molecule has 2 aromatic carbocycles. The van der Waals surface area contributed by atoms with Crippen molar-refractivity contribution in [1.29, 1.82) is 0 Å². The number of rotatable bonds is 61. The van der Waals surface area contributed by atoms with E-state index >= 15 is 0 Å². The molecule has 592 valence electrons. The molecule has 0 bridgehead atoms. The highest BCUT2D eigenvalue weighted by Crippen LogP contribution is 2.34. The molecule has 0 aliphatic rings. The molecule has 2 heterocycles. The highest BCUT2D eigenvalue weighted by molar-refractivity contribution is 8.00. The summed E-state index contributed by atoms with van der Waals surface area (Å²) in [6, 6.07) is 12.8. The van der Waals surface area contributed by atoms with Crippen LogP contribution in [0.3, 0.4) is 0 Å². The zero-order chi connectivity index (χ0) is 78.7. The number of aromatic nitrogens is 3. The number of anilines is 1. The van der Waals surface area contributed by atoms with E-state index in [-0.39, 0.29) is 195 Å². The van der Waals surface area contributed by atoms with E-state index in [2.05, 4.69) is 26.3 Å². The Morgan fingerprint density at radius 3 is 1.92 bits per heavy atom. The minimum Gasteiger partial charge on any atom is -0.481 e. The summed E-state index contributed by atoms with van der Waals surface area (Å²) >= 11 is 0.907. The summed E-state index contributed by atoms with van der Waals surface area (Å²) in [5.74, 6) is -6.53. The molecule has 31 nitrogen and oxygen atoms in total. The molecule has 0 radical (unpaired) electrons. The minimum atomic E-state index is -1.25. The first-order chi connectivity index (χ1) is 51.1. The first kappa shape index (κ1) is 90.7. The number of unbranched alkanes of at least 4 members (excludes halogenated alkanes) is 2. The van der Waals surface area contributed by atoms with E-state index in [4.69, 9.17) is 56.3 Å². The number of benzene rings is 2. The molecule has 0 saturated carbocycles. The van der Waals surface area contributed by atoms with Crippen molar-refractivity contribution in [2.24, 2.45) is 40.4 Å². The van der Waals surface area contributed by atoms with Gasteiger partial charge in [-0.2, -0.15) is 0 Å². The van der Waals surface area contributed by atoms with Gasteiger partial charge in [0.05, 0.1) is 100 Å². The summed E-state index contributed by atoms with van der Waals surface area (Å²) < 4.78 is 35.2. The monoisotopic (exact) mass is 1520 g/mol. The van der Waals surface area contributed by atoms with E-state index in [1.54, 1.807) is 38.1 Å². The predicted molar refractivity (Wildman–Crippen MR) is 400 cm³/mol. The van der Waals surface area contributed by atoms with Crippen LogP contribution >= 0.6 is 11.8 Å². The van der Waals surface area contributed by atoms with E-state index in [1.807, 2.05) is 49.6 Å². The number of amides is 6. The van der Waals surface area contributed by atoms with Crippen molar-refractivity contribution in [2.75, 3.05) is 97.1 Å². The number of carboxylic acids is 1. The van der Waals surface area contributed by atoms with Crippen molar-refractivity contribution in [1.82, 2.24) is 35.8 Å². The normalized spacial score (nSPS) is 12.6. The van der Waals surface area contributed by atoms with Crippen molar-refractivity contribution in [3.63, 3.8) is 0 Å². The van der Waals surface area contributed by atoms with E-state index < -0.39 is 70.7 Å². The van der Waals surface area contributed by atoms with Crippen LogP contribution in [0, 0.1) is 23.2 Å². The van der Waals surface area contributed by atoms with Gasteiger partial charge >= 0.3 is 18.0 Å². The van der Waals surface area contributed by atoms with Crippen molar-refractivity contribution in [3.05, 3.63) is 65.5 Å². The fourth-order valence-corrected chi connectivity index (χ4v) is 12.6. The number of nitrogen functional groups attached to an aromatic ring is 1. The van der Waals surface area contributed by atoms with Crippen LogP contribution in [0.4, 0.5) is 10.6 Å². The van der Waals surface area contributed by atoms with Gasteiger partial charge < -0.3 is 82.3 Å². The number of imidazole rings is 1. The number of aliphatic carboxylic acids is 1. The number of carboxylic acid groups (broad SMARTS) is 1. The number of ether oxygens (including phenoxy) is 6. The molecule has 4 aromatic rings. The number of fused-ring (bicyclic) bond motifs is 3. The van der Waals surface area contributed by atoms with Gasteiger partial charge in [0, 0.05) is 114 Å². The lowest BCUT2D eigenvalue weighted by atomic mass is 9.86. The summed E-state index contributed by atoms with van der Waals surface area (Å²) in [7, 11) is 0. The molecule has 0 aliphatic carbocycles. The number of nitrogens with zero attached hydrogens (tertiary/aromatic N) is 3. The summed E-state index contributed by atoms with van der Waals surface area (Å²) in [6.07, 6.45) is 1.71. The zero-order valence-corrected chi connectivity index (χ0v) is 63.3. The number of pyridine rings is 1. The third-order valence-electron chi connectivity index (χ3n) is 17.2. The Hall–Kier alpha value is -8.66. The van der Waals surface area contributed by atoms with Crippen LogP contribution in [0.15, 0.2) is 48.5 Å². The number of ketones is 6. The summed E-state index contributed by atoms with van der Waals surface area (Å²) in [4.78, 5) is 173. The number of hydrogen-bond acceptors (Lipinski definition) is 24. The van der Waals surface area contributed by atoms with E-state index in [0.717, 1.165) is 28.2 Å². The van der Waals surface area contributed by atoms with Crippen LogP contribution < -0.4 is 44.2 Å². The number of nitrogens with one attached hydrogen (secondary N) is 4. The molecule has 0 saturated heterocycles. The Balaban J connectivity index is 1.12. The number of primary amides is 2. The van der Waals surface area contributed by atoms with Gasteiger partial charge in [-0.15, -0.1) is 11.8 Å². The van der Waals surface area contributed by atoms with Crippen LogP contribution in [0.2, 0.25) is 0 Å². The lowest BCUT2D eigenvalue weighted by Crippen LogP contribution is -2.46. The van der Waals surface area contributed by atoms with Crippen LogP contribution in [0.25, 0.3) is 21.9 Å². The first-order valence-corrected chi connectivity index (χ1v) is 37.6. The Kier molecular flexibility index (Phi) is 42.4. The Labute approximate surface area is 628 Å². The molecule has 0 aliphatic heterocycles. The van der Waals surface area contributed by atoms with Gasteiger partial charge in [0.2, 0.25) is 23.6 Å². The number of para-hydroxylation sites is 1. The smallest absolute Gasteiger partial charge is 0.312 e. The SMILES string of the molecule is CCOCc1nc2c(N)nc3ccccc3c2n1CC(C)(C)CC(=O)CCC(=O)OCc1ccc(CC(=O)C(CCCNC(N)=O)NC(=O)C(CC(=O)CCCCCNC(=O)C(CC(=O)O)SCC(CC(=O)CCOCCOCCOCCOCCCC(=O)CNC(=O)CCC(=O)CN)C(N)=O)C(C)C)cc1. The summed E-state index contributed by atoms with van der Waals surface area (Å²) in [5.41, 5.74) is 25.3. The zero-order valence-electron chi connectivity index (χ0n) is 62.5. The minimum absolute atomic E-state index is 0.0125. The second-order valence-corrected chi connectivity index (χ2v) is 28.5. The topological polar surface area (TPSA) is 480 Å². The summed E-state index contributed by atoms with van der Waals surface area (Å²) in [5, 5.41) is 19.9. The van der Waals surface area contributed by atoms with Gasteiger partial charge in [-0.1, -0.05) is 76.6 Å².